The molecule has 0 aliphatic carbocycles. The van der Waals surface area contributed by atoms with Crippen LogP contribution in [0.1, 0.15) is 11.1 Å². The fraction of sp³-hybridized carbons (Fsp3) is 0.158. The Morgan fingerprint density at radius 3 is 2.79 bits per heavy atom. The smallest absolute Gasteiger partial charge is 0.287 e. The van der Waals surface area contributed by atoms with E-state index in [1.807, 2.05) is 30.3 Å². The quantitative estimate of drug-likeness (QED) is 0.663. The highest BCUT2D eigenvalue weighted by molar-refractivity contribution is 7.98. The third-order valence-corrected chi connectivity index (χ3v) is 4.64. The van der Waals surface area contributed by atoms with E-state index in [1.165, 1.54) is 22.9 Å². The van der Waals surface area contributed by atoms with Crippen LogP contribution >= 0.6 is 11.8 Å². The minimum atomic E-state index is -0.139. The first-order valence-electron chi connectivity index (χ1n) is 7.58. The molecule has 0 aliphatic heterocycles. The molecule has 0 N–H and O–H groups in total. The number of para-hydroxylation sites is 2. The molecule has 24 heavy (non-hydrogen) atoms. The molecular weight excluding hydrogens is 320 g/mol. The molecule has 0 bridgehead atoms. The van der Waals surface area contributed by atoms with Crippen LogP contribution in [0.15, 0.2) is 70.7 Å². The Kier molecular flexibility index (Phi) is 5.01. The van der Waals surface area contributed by atoms with Crippen LogP contribution in [0.3, 0.4) is 0 Å². The molecule has 3 rings (SSSR count). The first kappa shape index (κ1) is 16.3. The Morgan fingerprint density at radius 2 is 2.00 bits per heavy atom. The predicted molar refractivity (Wildman–Crippen MR) is 97.1 cm³/mol. The Bertz CT molecular complexity index is 906. The van der Waals surface area contributed by atoms with Crippen LogP contribution in [0.5, 0.6) is 5.75 Å². The first-order valence-corrected chi connectivity index (χ1v) is 8.57. The largest absolute Gasteiger partial charge is 0.495 e. The van der Waals surface area contributed by atoms with Gasteiger partial charge in [-0.1, -0.05) is 53.7 Å². The number of thioether (sulfide) groups is 1. The lowest BCUT2D eigenvalue weighted by atomic mass is 10.2. The highest BCUT2D eigenvalue weighted by Crippen LogP contribution is 2.22. The highest BCUT2D eigenvalue weighted by Gasteiger charge is 2.10. The molecule has 0 amide bonds. The monoisotopic (exact) mass is 338 g/mol. The third-order valence-electron chi connectivity index (χ3n) is 3.61. The summed E-state index contributed by atoms with van der Waals surface area (Å²) in [7, 11) is 1.60. The second kappa shape index (κ2) is 7.36. The minimum absolute atomic E-state index is 0.139. The van der Waals surface area contributed by atoms with E-state index in [0.29, 0.717) is 22.2 Å². The Morgan fingerprint density at radius 1 is 1.17 bits per heavy atom. The molecule has 0 spiro atoms. The molecule has 5 heteroatoms. The summed E-state index contributed by atoms with van der Waals surface area (Å²) in [5.41, 5.74) is 2.96. The van der Waals surface area contributed by atoms with Crippen molar-refractivity contribution in [2.45, 2.75) is 17.7 Å². The summed E-state index contributed by atoms with van der Waals surface area (Å²) >= 11 is 1.45. The molecule has 1 aromatic heterocycles. The van der Waals surface area contributed by atoms with Gasteiger partial charge in [-0.3, -0.25) is 9.36 Å². The molecule has 1 heterocycles. The van der Waals surface area contributed by atoms with Crippen LogP contribution in [-0.4, -0.2) is 16.7 Å². The Labute approximate surface area is 145 Å². The topological polar surface area (TPSA) is 44.1 Å². The Hall–Kier alpha value is -2.53. The molecule has 0 atom stereocenters. The second-order valence-corrected chi connectivity index (χ2v) is 6.32. The molecule has 0 saturated heterocycles. The predicted octanol–water partition coefficient (Wildman–Crippen LogP) is 3.84. The fourth-order valence-corrected chi connectivity index (χ4v) is 3.30. The summed E-state index contributed by atoms with van der Waals surface area (Å²) in [6.07, 6.45) is 3.31. The maximum absolute atomic E-state index is 12.7. The number of benzene rings is 2. The highest BCUT2D eigenvalue weighted by atomic mass is 32.2. The van der Waals surface area contributed by atoms with Crippen LogP contribution in [-0.2, 0) is 5.75 Å². The van der Waals surface area contributed by atoms with Gasteiger partial charge in [-0.15, -0.1) is 0 Å². The number of methoxy groups -OCH3 is 1. The van der Waals surface area contributed by atoms with Crippen molar-refractivity contribution in [2.75, 3.05) is 7.11 Å². The van der Waals surface area contributed by atoms with E-state index in [-0.39, 0.29) is 5.56 Å². The van der Waals surface area contributed by atoms with E-state index >= 15 is 0 Å². The van der Waals surface area contributed by atoms with E-state index in [9.17, 15) is 4.79 Å². The molecular formula is C19H18N2O2S. The van der Waals surface area contributed by atoms with Crippen LogP contribution < -0.4 is 10.3 Å². The number of hydrogen-bond acceptors (Lipinski definition) is 4. The standard InChI is InChI=1S/C19H18N2O2S/c1-14-6-5-7-15(12-14)13-24-18-19(22)21(11-10-20-18)16-8-3-4-9-17(16)23-2/h3-12H,13H2,1-2H3. The molecule has 0 radical (unpaired) electrons. The number of nitrogens with zero attached hydrogens (tertiary/aromatic N) is 2. The van der Waals surface area contributed by atoms with Gasteiger partial charge >= 0.3 is 0 Å². The molecule has 0 unspecified atom stereocenters. The van der Waals surface area contributed by atoms with E-state index in [0.717, 1.165) is 0 Å². The number of ether oxygens (including phenoxy) is 1. The normalized spacial score (nSPS) is 10.6. The average Bonchev–Trinajstić information content (AvgIpc) is 2.61. The lowest BCUT2D eigenvalue weighted by molar-refractivity contribution is 0.412. The van der Waals surface area contributed by atoms with E-state index < -0.39 is 0 Å². The van der Waals surface area contributed by atoms with Gasteiger partial charge in [0.15, 0.2) is 5.03 Å². The van der Waals surface area contributed by atoms with Gasteiger partial charge in [-0.05, 0) is 24.6 Å². The summed E-state index contributed by atoms with van der Waals surface area (Å²) in [6.45, 7) is 2.06. The van der Waals surface area contributed by atoms with Crippen LogP contribution in [0.25, 0.3) is 5.69 Å². The van der Waals surface area contributed by atoms with Crippen molar-refractivity contribution >= 4 is 11.8 Å². The molecule has 3 aromatic rings. The summed E-state index contributed by atoms with van der Waals surface area (Å²) in [5.74, 6) is 1.36. The van der Waals surface area contributed by atoms with Gasteiger partial charge in [0.25, 0.3) is 5.56 Å². The molecule has 4 nitrogen and oxygen atoms in total. The zero-order valence-corrected chi connectivity index (χ0v) is 14.4. The summed E-state index contributed by atoms with van der Waals surface area (Å²) in [6, 6.07) is 15.7. The van der Waals surface area contributed by atoms with Gasteiger partial charge in [0.1, 0.15) is 5.75 Å². The van der Waals surface area contributed by atoms with E-state index in [4.69, 9.17) is 4.74 Å². The average molecular weight is 338 g/mol. The van der Waals surface area contributed by atoms with Gasteiger partial charge in [-0.2, -0.15) is 0 Å². The van der Waals surface area contributed by atoms with Gasteiger partial charge in [0.2, 0.25) is 0 Å². The second-order valence-electron chi connectivity index (χ2n) is 5.36. The SMILES string of the molecule is COc1ccccc1-n1ccnc(SCc2cccc(C)c2)c1=O. The van der Waals surface area contributed by atoms with Crippen molar-refractivity contribution in [2.24, 2.45) is 0 Å². The fourth-order valence-electron chi connectivity index (χ4n) is 2.46. The van der Waals surface area contributed by atoms with E-state index in [1.54, 1.807) is 24.1 Å². The molecule has 0 fully saturated rings. The summed E-state index contributed by atoms with van der Waals surface area (Å²) < 4.78 is 6.92. The van der Waals surface area contributed by atoms with Crippen LogP contribution in [0.4, 0.5) is 0 Å². The van der Waals surface area contributed by atoms with Gasteiger partial charge in [-0.25, -0.2) is 4.98 Å². The van der Waals surface area contributed by atoms with Crippen molar-refractivity contribution in [1.82, 2.24) is 9.55 Å². The van der Waals surface area contributed by atoms with Gasteiger partial charge in [0, 0.05) is 18.1 Å². The summed E-state index contributed by atoms with van der Waals surface area (Å²) in [4.78, 5) is 17.0. The number of aromatic nitrogens is 2. The molecule has 0 saturated carbocycles. The zero-order chi connectivity index (χ0) is 16.9. The maximum Gasteiger partial charge on any atom is 0.287 e. The Balaban J connectivity index is 1.90. The lowest BCUT2D eigenvalue weighted by Crippen LogP contribution is -2.20. The van der Waals surface area contributed by atoms with Crippen molar-refractivity contribution in [3.8, 4) is 11.4 Å². The molecule has 2 aromatic carbocycles. The lowest BCUT2D eigenvalue weighted by Gasteiger charge is -2.11. The summed E-state index contributed by atoms with van der Waals surface area (Å²) in [5, 5.41) is 0.477. The van der Waals surface area contributed by atoms with Crippen molar-refractivity contribution in [3.63, 3.8) is 0 Å². The first-order chi connectivity index (χ1) is 11.7. The number of aryl methyl sites for hydroxylation is 1. The van der Waals surface area contributed by atoms with Crippen LogP contribution in [0, 0.1) is 6.92 Å². The van der Waals surface area contributed by atoms with Crippen LogP contribution in [0.2, 0.25) is 0 Å². The van der Waals surface area contributed by atoms with Gasteiger partial charge in [0.05, 0.1) is 12.8 Å². The molecule has 122 valence electrons. The molecule has 0 aliphatic rings. The van der Waals surface area contributed by atoms with Gasteiger partial charge < -0.3 is 4.74 Å². The van der Waals surface area contributed by atoms with Crippen molar-refractivity contribution < 1.29 is 4.74 Å². The van der Waals surface area contributed by atoms with Crippen molar-refractivity contribution in [1.29, 1.82) is 0 Å². The minimum Gasteiger partial charge on any atom is -0.495 e. The number of hydrogen-bond donors (Lipinski definition) is 0. The number of rotatable bonds is 5. The third kappa shape index (κ3) is 3.51. The van der Waals surface area contributed by atoms with Crippen molar-refractivity contribution in [3.05, 3.63) is 82.4 Å². The zero-order valence-electron chi connectivity index (χ0n) is 13.6. The van der Waals surface area contributed by atoms with E-state index in [2.05, 4.69) is 30.1 Å². The maximum atomic E-state index is 12.7.